The molecule has 1 aromatic heterocycles. The fourth-order valence-electron chi connectivity index (χ4n) is 5.35. The standard InChI is InChI=1S/C32H35N3O6/c1-2-3-13-26-30(36)35-20-23(18-28(35)31(37)38)41-29-19-27(22-11-7-4-8-12-22)33-25-15-14-21(17-24(25)29)10-6-5-9-16-40-32(39)34-26/h4,6-8,10-12,14-15,17,19,23,26,28H,2-3,5,9,13,16,18,20H2,1H3,(H,34,39)(H,37,38)/b10-6-/t23-,26+,28+/m1/s1. The summed E-state index contributed by atoms with van der Waals surface area (Å²) in [6, 6.07) is 15.7. The number of alkyl carbamates (subject to hydrolysis) is 1. The monoisotopic (exact) mass is 557 g/mol. The van der Waals surface area contributed by atoms with Gasteiger partial charge in [0.2, 0.25) is 5.91 Å². The van der Waals surface area contributed by atoms with Gasteiger partial charge in [0.15, 0.2) is 0 Å². The van der Waals surface area contributed by atoms with Crippen molar-refractivity contribution in [1.82, 2.24) is 15.2 Å². The number of carbonyl (C=O) groups excluding carboxylic acids is 2. The van der Waals surface area contributed by atoms with E-state index in [2.05, 4.69) is 5.32 Å². The number of aromatic nitrogens is 1. The van der Waals surface area contributed by atoms with Gasteiger partial charge in [-0.3, -0.25) is 4.79 Å². The summed E-state index contributed by atoms with van der Waals surface area (Å²) in [4.78, 5) is 44.7. The van der Waals surface area contributed by atoms with Gasteiger partial charge in [-0.15, -0.1) is 0 Å². The minimum absolute atomic E-state index is 0.0826. The molecule has 41 heavy (non-hydrogen) atoms. The minimum Gasteiger partial charge on any atom is -0.488 e. The van der Waals surface area contributed by atoms with E-state index in [0.29, 0.717) is 31.4 Å². The lowest BCUT2D eigenvalue weighted by Gasteiger charge is -2.27. The lowest BCUT2D eigenvalue weighted by molar-refractivity contribution is -0.149. The normalized spacial score (nSPS) is 22.4. The summed E-state index contributed by atoms with van der Waals surface area (Å²) < 4.78 is 11.8. The van der Waals surface area contributed by atoms with E-state index in [1.807, 2.05) is 73.7 Å². The highest BCUT2D eigenvalue weighted by atomic mass is 16.5. The lowest BCUT2D eigenvalue weighted by atomic mass is 10.1. The largest absolute Gasteiger partial charge is 0.488 e. The van der Waals surface area contributed by atoms with Crippen molar-refractivity contribution in [3.63, 3.8) is 0 Å². The summed E-state index contributed by atoms with van der Waals surface area (Å²) in [5.41, 5.74) is 3.38. The van der Waals surface area contributed by atoms with E-state index in [0.717, 1.165) is 34.1 Å². The molecule has 0 radical (unpaired) electrons. The van der Waals surface area contributed by atoms with Crippen LogP contribution in [0.15, 0.2) is 60.7 Å². The van der Waals surface area contributed by atoms with Gasteiger partial charge in [0.1, 0.15) is 23.9 Å². The van der Waals surface area contributed by atoms with Crippen molar-refractivity contribution in [2.75, 3.05) is 13.2 Å². The highest BCUT2D eigenvalue weighted by molar-refractivity contribution is 5.91. The number of carboxylic acids is 1. The Morgan fingerprint density at radius 3 is 2.76 bits per heavy atom. The third kappa shape index (κ3) is 6.67. The van der Waals surface area contributed by atoms with Crippen LogP contribution in [0.1, 0.15) is 51.0 Å². The number of benzene rings is 2. The first-order valence-electron chi connectivity index (χ1n) is 14.2. The molecule has 3 aromatic rings. The van der Waals surface area contributed by atoms with Gasteiger partial charge < -0.3 is 24.8 Å². The quantitative estimate of drug-likeness (QED) is 0.430. The molecule has 0 spiro atoms. The number of carboxylic acid groups (broad SMARTS) is 1. The second-order valence-electron chi connectivity index (χ2n) is 10.5. The van der Waals surface area contributed by atoms with Crippen molar-refractivity contribution in [3.05, 3.63) is 66.2 Å². The van der Waals surface area contributed by atoms with Gasteiger partial charge in [-0.25, -0.2) is 14.6 Å². The average molecular weight is 558 g/mol. The van der Waals surface area contributed by atoms with Crippen LogP contribution in [0.25, 0.3) is 28.2 Å². The molecular weight excluding hydrogens is 522 g/mol. The molecular formula is C32H35N3O6. The molecule has 2 amide bonds. The maximum absolute atomic E-state index is 13.7. The lowest BCUT2D eigenvalue weighted by Crippen LogP contribution is -2.52. The zero-order chi connectivity index (χ0) is 28.8. The molecule has 0 aliphatic carbocycles. The summed E-state index contributed by atoms with van der Waals surface area (Å²) in [6.45, 7) is 2.28. The number of pyridine rings is 1. The summed E-state index contributed by atoms with van der Waals surface area (Å²) in [6.07, 6.45) is 6.14. The fraction of sp³-hybridized carbons (Fsp3) is 0.375. The highest BCUT2D eigenvalue weighted by Crippen LogP contribution is 2.34. The molecule has 1 saturated heterocycles. The molecule has 214 valence electrons. The SMILES string of the molecule is CCCC[C@@H]1NC(=O)OCCC/C=C\c2ccc3nc(-c4ccccc4)cc(c3c2)O[C@@H]2C[C@@H](C(=O)O)N(C2)C1=O. The van der Waals surface area contributed by atoms with Gasteiger partial charge in [0, 0.05) is 23.4 Å². The first-order chi connectivity index (χ1) is 19.9. The van der Waals surface area contributed by atoms with E-state index in [1.165, 1.54) is 4.90 Å². The topological polar surface area (TPSA) is 118 Å². The van der Waals surface area contributed by atoms with Crippen LogP contribution in [0.4, 0.5) is 4.79 Å². The number of nitrogens with one attached hydrogen (secondary N) is 1. The molecule has 5 rings (SSSR count). The van der Waals surface area contributed by atoms with Gasteiger partial charge in [-0.05, 0) is 37.0 Å². The fourth-order valence-corrected chi connectivity index (χ4v) is 5.35. The van der Waals surface area contributed by atoms with E-state index in [-0.39, 0.29) is 19.6 Å². The Bertz CT molecular complexity index is 1440. The van der Waals surface area contributed by atoms with Crippen molar-refractivity contribution in [2.24, 2.45) is 0 Å². The molecule has 4 bridgehead atoms. The van der Waals surface area contributed by atoms with Crippen molar-refractivity contribution in [2.45, 2.75) is 63.6 Å². The molecule has 3 heterocycles. The summed E-state index contributed by atoms with van der Waals surface area (Å²) in [5, 5.41) is 13.5. The molecule has 2 aliphatic heterocycles. The first-order valence-corrected chi connectivity index (χ1v) is 14.2. The van der Waals surface area contributed by atoms with Crippen LogP contribution in [0.3, 0.4) is 0 Å². The molecule has 2 aromatic carbocycles. The maximum Gasteiger partial charge on any atom is 0.407 e. The number of allylic oxidation sites excluding steroid dienone is 1. The molecule has 2 N–H and O–H groups in total. The van der Waals surface area contributed by atoms with Crippen LogP contribution in [0.5, 0.6) is 5.75 Å². The number of ether oxygens (including phenoxy) is 2. The zero-order valence-corrected chi connectivity index (χ0v) is 23.1. The van der Waals surface area contributed by atoms with E-state index in [9.17, 15) is 19.5 Å². The Balaban J connectivity index is 1.54. The average Bonchev–Trinajstić information content (AvgIpc) is 3.41. The number of rotatable bonds is 5. The number of hydrogen-bond donors (Lipinski definition) is 2. The van der Waals surface area contributed by atoms with Crippen molar-refractivity contribution >= 4 is 34.9 Å². The van der Waals surface area contributed by atoms with Crippen LogP contribution >= 0.6 is 0 Å². The Hall–Kier alpha value is -4.40. The Morgan fingerprint density at radius 2 is 1.98 bits per heavy atom. The van der Waals surface area contributed by atoms with Gasteiger partial charge in [0.05, 0.1) is 24.4 Å². The zero-order valence-electron chi connectivity index (χ0n) is 23.1. The summed E-state index contributed by atoms with van der Waals surface area (Å²) in [7, 11) is 0. The van der Waals surface area contributed by atoms with Gasteiger partial charge >= 0.3 is 12.1 Å². The molecule has 9 nitrogen and oxygen atoms in total. The highest BCUT2D eigenvalue weighted by Gasteiger charge is 2.43. The van der Waals surface area contributed by atoms with E-state index < -0.39 is 36.2 Å². The maximum atomic E-state index is 13.7. The molecule has 0 unspecified atom stereocenters. The van der Waals surface area contributed by atoms with Crippen LogP contribution in [0, 0.1) is 0 Å². The second kappa shape index (κ2) is 12.8. The van der Waals surface area contributed by atoms with Crippen molar-refractivity contribution < 1.29 is 29.0 Å². The van der Waals surface area contributed by atoms with E-state index in [1.54, 1.807) is 0 Å². The Kier molecular flexibility index (Phi) is 8.82. The summed E-state index contributed by atoms with van der Waals surface area (Å²) in [5.74, 6) is -0.966. The smallest absolute Gasteiger partial charge is 0.407 e. The number of cyclic esters (lactones) is 1. The van der Waals surface area contributed by atoms with Gasteiger partial charge in [-0.2, -0.15) is 0 Å². The van der Waals surface area contributed by atoms with Gasteiger partial charge in [0.25, 0.3) is 0 Å². The van der Waals surface area contributed by atoms with E-state index in [4.69, 9.17) is 14.5 Å². The first kappa shape index (κ1) is 28.1. The van der Waals surface area contributed by atoms with Crippen LogP contribution in [-0.2, 0) is 14.3 Å². The third-order valence-corrected chi connectivity index (χ3v) is 7.48. The number of carbonyl (C=O) groups is 3. The minimum atomic E-state index is -1.11. The Labute approximate surface area is 239 Å². The molecule has 3 atom stereocenters. The number of hydrogen-bond acceptors (Lipinski definition) is 6. The number of aliphatic carboxylic acids is 1. The second-order valence-corrected chi connectivity index (χ2v) is 10.5. The van der Waals surface area contributed by atoms with Crippen molar-refractivity contribution in [1.29, 1.82) is 0 Å². The number of fused-ring (bicyclic) bond motifs is 3. The van der Waals surface area contributed by atoms with Crippen LogP contribution in [0.2, 0.25) is 0 Å². The summed E-state index contributed by atoms with van der Waals surface area (Å²) >= 11 is 0. The number of nitrogens with zero attached hydrogens (tertiary/aromatic N) is 2. The van der Waals surface area contributed by atoms with E-state index >= 15 is 0 Å². The Morgan fingerprint density at radius 1 is 1.15 bits per heavy atom. The van der Waals surface area contributed by atoms with Crippen molar-refractivity contribution in [3.8, 4) is 17.0 Å². The number of unbranched alkanes of at least 4 members (excludes halogenated alkanes) is 1. The van der Waals surface area contributed by atoms with Crippen LogP contribution in [-0.4, -0.2) is 64.3 Å². The molecule has 0 saturated carbocycles. The van der Waals surface area contributed by atoms with Crippen LogP contribution < -0.4 is 10.1 Å². The van der Waals surface area contributed by atoms with Gasteiger partial charge in [-0.1, -0.05) is 68.3 Å². The molecule has 9 heteroatoms. The molecule has 1 fully saturated rings. The molecule has 2 aliphatic rings. The number of amides is 2. The predicted octanol–water partition coefficient (Wildman–Crippen LogP) is 5.43. The third-order valence-electron chi connectivity index (χ3n) is 7.48. The predicted molar refractivity (Wildman–Crippen MR) is 155 cm³/mol.